The van der Waals surface area contributed by atoms with E-state index in [2.05, 4.69) is 23.5 Å². The molecule has 0 aliphatic rings. The number of hydrogen-bond acceptors (Lipinski definition) is 3. The van der Waals surface area contributed by atoms with Crippen molar-refractivity contribution >= 4 is 11.8 Å². The third-order valence-electron chi connectivity index (χ3n) is 2.84. The number of benzene rings is 2. The molecule has 4 heteroatoms. The van der Waals surface area contributed by atoms with Gasteiger partial charge in [-0.15, -0.1) is 11.8 Å². The SMILES string of the molecule is CNCc1cccc(SCc2ccc(F)c(C#N)c2)c1. The number of thioether (sulfide) groups is 1. The molecule has 0 radical (unpaired) electrons. The lowest BCUT2D eigenvalue weighted by Crippen LogP contribution is -2.04. The molecule has 0 aliphatic carbocycles. The minimum atomic E-state index is -0.461. The van der Waals surface area contributed by atoms with Crippen LogP contribution in [0.15, 0.2) is 47.4 Å². The van der Waals surface area contributed by atoms with Gasteiger partial charge in [0.15, 0.2) is 0 Å². The fraction of sp³-hybridized carbons (Fsp3) is 0.188. The molecular weight excluding hydrogens is 271 g/mol. The molecule has 0 fully saturated rings. The summed E-state index contributed by atoms with van der Waals surface area (Å²) in [5, 5.41) is 11.9. The minimum Gasteiger partial charge on any atom is -0.316 e. The lowest BCUT2D eigenvalue weighted by molar-refractivity contribution is 0.623. The first-order valence-corrected chi connectivity index (χ1v) is 7.26. The van der Waals surface area contributed by atoms with E-state index in [1.165, 1.54) is 16.5 Å². The van der Waals surface area contributed by atoms with E-state index in [9.17, 15) is 4.39 Å². The van der Waals surface area contributed by atoms with Crippen LogP contribution in [-0.2, 0) is 12.3 Å². The van der Waals surface area contributed by atoms with Gasteiger partial charge < -0.3 is 5.32 Å². The van der Waals surface area contributed by atoms with E-state index >= 15 is 0 Å². The van der Waals surface area contributed by atoms with Crippen LogP contribution in [0.3, 0.4) is 0 Å². The third-order valence-corrected chi connectivity index (χ3v) is 3.90. The van der Waals surface area contributed by atoms with Crippen LogP contribution in [-0.4, -0.2) is 7.05 Å². The molecule has 0 unspecified atom stereocenters. The van der Waals surface area contributed by atoms with Crippen LogP contribution in [0.4, 0.5) is 4.39 Å². The second kappa shape index (κ2) is 7.09. The summed E-state index contributed by atoms with van der Waals surface area (Å²) in [4.78, 5) is 1.17. The van der Waals surface area contributed by atoms with Crippen molar-refractivity contribution < 1.29 is 4.39 Å². The number of rotatable bonds is 5. The van der Waals surface area contributed by atoms with Gasteiger partial charge in [-0.3, -0.25) is 0 Å². The van der Waals surface area contributed by atoms with Crippen molar-refractivity contribution in [2.24, 2.45) is 0 Å². The predicted octanol–water partition coefficient (Wildman–Crippen LogP) is 3.71. The fourth-order valence-electron chi connectivity index (χ4n) is 1.86. The van der Waals surface area contributed by atoms with Crippen LogP contribution in [0.2, 0.25) is 0 Å². The zero-order chi connectivity index (χ0) is 14.4. The average molecular weight is 286 g/mol. The normalized spacial score (nSPS) is 10.2. The number of halogens is 1. The molecule has 0 saturated heterocycles. The fourth-order valence-corrected chi connectivity index (χ4v) is 2.79. The van der Waals surface area contributed by atoms with Crippen molar-refractivity contribution in [1.29, 1.82) is 5.26 Å². The molecule has 20 heavy (non-hydrogen) atoms. The molecule has 102 valence electrons. The number of nitrogens with one attached hydrogen (secondary N) is 1. The summed E-state index contributed by atoms with van der Waals surface area (Å²) in [6, 6.07) is 14.8. The Morgan fingerprint density at radius 1 is 1.20 bits per heavy atom. The maximum atomic E-state index is 13.2. The Labute approximate surface area is 122 Å². The molecule has 0 aromatic heterocycles. The Bertz CT molecular complexity index is 635. The Morgan fingerprint density at radius 3 is 2.80 bits per heavy atom. The van der Waals surface area contributed by atoms with Gasteiger partial charge in [-0.2, -0.15) is 5.26 Å². The van der Waals surface area contributed by atoms with Gasteiger partial charge in [0.05, 0.1) is 5.56 Å². The summed E-state index contributed by atoms with van der Waals surface area (Å²) in [7, 11) is 1.92. The predicted molar refractivity (Wildman–Crippen MR) is 79.9 cm³/mol. The van der Waals surface area contributed by atoms with Crippen LogP contribution in [0.25, 0.3) is 0 Å². The Hall–Kier alpha value is -1.83. The highest BCUT2D eigenvalue weighted by atomic mass is 32.2. The Morgan fingerprint density at radius 2 is 2.05 bits per heavy atom. The van der Waals surface area contributed by atoms with Crippen molar-refractivity contribution in [2.75, 3.05) is 7.05 Å². The molecule has 2 aromatic carbocycles. The highest BCUT2D eigenvalue weighted by Crippen LogP contribution is 2.24. The van der Waals surface area contributed by atoms with Gasteiger partial charge in [0.1, 0.15) is 11.9 Å². The lowest BCUT2D eigenvalue weighted by Gasteiger charge is -2.05. The van der Waals surface area contributed by atoms with E-state index in [1.54, 1.807) is 23.9 Å². The zero-order valence-corrected chi connectivity index (χ0v) is 12.0. The van der Waals surface area contributed by atoms with E-state index in [0.717, 1.165) is 17.9 Å². The Kier molecular flexibility index (Phi) is 5.16. The quantitative estimate of drug-likeness (QED) is 0.851. The van der Waals surface area contributed by atoms with Crippen LogP contribution in [0.5, 0.6) is 0 Å². The standard InChI is InChI=1S/C16H15FN2S/c1-19-10-12-3-2-4-15(8-12)20-11-13-5-6-16(17)14(7-13)9-18/h2-8,19H,10-11H2,1H3. The lowest BCUT2D eigenvalue weighted by atomic mass is 10.1. The minimum absolute atomic E-state index is 0.104. The second-order valence-electron chi connectivity index (χ2n) is 4.39. The van der Waals surface area contributed by atoms with Gasteiger partial charge in [0.25, 0.3) is 0 Å². The van der Waals surface area contributed by atoms with E-state index in [0.29, 0.717) is 0 Å². The largest absolute Gasteiger partial charge is 0.316 e. The van der Waals surface area contributed by atoms with Gasteiger partial charge in [-0.05, 0) is 42.4 Å². The van der Waals surface area contributed by atoms with E-state index in [1.807, 2.05) is 19.2 Å². The summed E-state index contributed by atoms with van der Waals surface area (Å²) in [5.74, 6) is 0.259. The van der Waals surface area contributed by atoms with E-state index in [-0.39, 0.29) is 5.56 Å². The molecule has 0 heterocycles. The molecule has 2 nitrogen and oxygen atoms in total. The highest BCUT2D eigenvalue weighted by Gasteiger charge is 2.03. The molecule has 0 aliphatic heterocycles. The smallest absolute Gasteiger partial charge is 0.140 e. The maximum Gasteiger partial charge on any atom is 0.140 e. The van der Waals surface area contributed by atoms with E-state index in [4.69, 9.17) is 5.26 Å². The first-order chi connectivity index (χ1) is 9.72. The molecule has 0 spiro atoms. The monoisotopic (exact) mass is 286 g/mol. The zero-order valence-electron chi connectivity index (χ0n) is 11.2. The molecule has 2 aromatic rings. The number of nitrogens with zero attached hydrogens (tertiary/aromatic N) is 1. The van der Waals surface area contributed by atoms with Crippen molar-refractivity contribution in [3.8, 4) is 6.07 Å². The van der Waals surface area contributed by atoms with Crippen LogP contribution < -0.4 is 5.32 Å². The van der Waals surface area contributed by atoms with Crippen molar-refractivity contribution in [3.63, 3.8) is 0 Å². The summed E-state index contributed by atoms with van der Waals surface area (Å²) in [6.45, 7) is 0.837. The summed E-state index contributed by atoms with van der Waals surface area (Å²) >= 11 is 1.68. The number of nitriles is 1. The highest BCUT2D eigenvalue weighted by molar-refractivity contribution is 7.98. The van der Waals surface area contributed by atoms with Gasteiger partial charge in [-0.25, -0.2) is 4.39 Å². The van der Waals surface area contributed by atoms with Gasteiger partial charge in [0.2, 0.25) is 0 Å². The van der Waals surface area contributed by atoms with Crippen LogP contribution in [0, 0.1) is 17.1 Å². The van der Waals surface area contributed by atoms with Gasteiger partial charge >= 0.3 is 0 Å². The summed E-state index contributed by atoms with van der Waals surface area (Å²) < 4.78 is 13.2. The topological polar surface area (TPSA) is 35.8 Å². The van der Waals surface area contributed by atoms with Crippen LogP contribution >= 0.6 is 11.8 Å². The maximum absolute atomic E-state index is 13.2. The molecule has 0 bridgehead atoms. The summed E-state index contributed by atoms with van der Waals surface area (Å²) in [5.41, 5.74) is 2.29. The average Bonchev–Trinajstić information content (AvgIpc) is 2.47. The van der Waals surface area contributed by atoms with E-state index < -0.39 is 5.82 Å². The molecule has 1 N–H and O–H groups in total. The molecular formula is C16H15FN2S. The van der Waals surface area contributed by atoms with Gasteiger partial charge in [0, 0.05) is 17.2 Å². The molecule has 0 amide bonds. The summed E-state index contributed by atoms with van der Waals surface area (Å²) in [6.07, 6.45) is 0. The molecule has 2 rings (SSSR count). The third kappa shape index (κ3) is 3.83. The first kappa shape index (κ1) is 14.6. The van der Waals surface area contributed by atoms with Crippen molar-refractivity contribution in [3.05, 3.63) is 65.0 Å². The van der Waals surface area contributed by atoms with Gasteiger partial charge in [-0.1, -0.05) is 18.2 Å². The van der Waals surface area contributed by atoms with Crippen molar-refractivity contribution in [2.45, 2.75) is 17.2 Å². The number of hydrogen-bond donors (Lipinski definition) is 1. The molecule has 0 atom stereocenters. The second-order valence-corrected chi connectivity index (χ2v) is 5.44. The molecule has 0 saturated carbocycles. The first-order valence-electron chi connectivity index (χ1n) is 6.28. The van der Waals surface area contributed by atoms with Crippen LogP contribution in [0.1, 0.15) is 16.7 Å². The Balaban J connectivity index is 2.05. The van der Waals surface area contributed by atoms with Crippen molar-refractivity contribution in [1.82, 2.24) is 5.32 Å².